The van der Waals surface area contributed by atoms with E-state index in [1.54, 1.807) is 35.1 Å². The monoisotopic (exact) mass is 567 g/mol. The SMILES string of the molecule is CCOC(=O)CNCCCn1c(-c2ccc(OC(F)(F)F)cc2)csc1=NC(=O)c1ccc(OC)cc1OC. The van der Waals surface area contributed by atoms with E-state index in [4.69, 9.17) is 14.2 Å². The molecule has 1 aromatic heterocycles. The van der Waals surface area contributed by atoms with Gasteiger partial charge in [0.25, 0.3) is 5.91 Å². The number of thiazole rings is 1. The van der Waals surface area contributed by atoms with Gasteiger partial charge in [0, 0.05) is 18.0 Å². The van der Waals surface area contributed by atoms with E-state index in [0.29, 0.717) is 53.7 Å². The number of carbonyl (C=O) groups excluding carboxylic acids is 2. The van der Waals surface area contributed by atoms with Crippen LogP contribution in [0.1, 0.15) is 23.7 Å². The average molecular weight is 568 g/mol. The van der Waals surface area contributed by atoms with Gasteiger partial charge in [-0.3, -0.25) is 9.59 Å². The molecule has 2 aromatic carbocycles. The maximum atomic E-state index is 13.1. The van der Waals surface area contributed by atoms with E-state index in [0.717, 1.165) is 0 Å². The van der Waals surface area contributed by atoms with E-state index >= 15 is 0 Å². The van der Waals surface area contributed by atoms with Crippen LogP contribution in [0.25, 0.3) is 11.3 Å². The average Bonchev–Trinajstić information content (AvgIpc) is 3.29. The molecule has 210 valence electrons. The largest absolute Gasteiger partial charge is 0.573 e. The van der Waals surface area contributed by atoms with Crippen LogP contribution in [0, 0.1) is 0 Å². The number of alkyl halides is 3. The summed E-state index contributed by atoms with van der Waals surface area (Å²) in [7, 11) is 2.94. The van der Waals surface area contributed by atoms with Crippen LogP contribution in [0.5, 0.6) is 17.2 Å². The Labute approximate surface area is 226 Å². The van der Waals surface area contributed by atoms with Gasteiger partial charge in [-0.25, -0.2) is 0 Å². The lowest BCUT2D eigenvalue weighted by molar-refractivity contribution is -0.274. The van der Waals surface area contributed by atoms with Gasteiger partial charge in [0.15, 0.2) is 4.80 Å². The smallest absolute Gasteiger partial charge is 0.497 e. The first kappa shape index (κ1) is 29.7. The highest BCUT2D eigenvalue weighted by atomic mass is 32.1. The molecule has 0 aliphatic heterocycles. The molecular formula is C26H28F3N3O6S. The minimum atomic E-state index is -4.80. The number of nitrogens with one attached hydrogen (secondary N) is 1. The molecule has 1 N–H and O–H groups in total. The van der Waals surface area contributed by atoms with Crippen LogP contribution in [-0.2, 0) is 16.1 Å². The van der Waals surface area contributed by atoms with E-state index < -0.39 is 12.3 Å². The second-order valence-corrected chi connectivity index (χ2v) is 8.78. The molecule has 1 amide bonds. The predicted molar refractivity (Wildman–Crippen MR) is 138 cm³/mol. The fourth-order valence-electron chi connectivity index (χ4n) is 3.58. The Bertz CT molecular complexity index is 1340. The van der Waals surface area contributed by atoms with Crippen molar-refractivity contribution in [1.29, 1.82) is 0 Å². The third kappa shape index (κ3) is 8.58. The molecule has 0 aliphatic carbocycles. The summed E-state index contributed by atoms with van der Waals surface area (Å²) in [6.07, 6.45) is -4.24. The van der Waals surface area contributed by atoms with Crippen molar-refractivity contribution in [2.24, 2.45) is 4.99 Å². The van der Waals surface area contributed by atoms with E-state index in [9.17, 15) is 22.8 Å². The predicted octanol–water partition coefficient (Wildman–Crippen LogP) is 4.42. The number of methoxy groups -OCH3 is 2. The van der Waals surface area contributed by atoms with Gasteiger partial charge in [0.2, 0.25) is 0 Å². The molecule has 39 heavy (non-hydrogen) atoms. The van der Waals surface area contributed by atoms with Crippen LogP contribution in [0.3, 0.4) is 0 Å². The molecule has 0 atom stereocenters. The van der Waals surface area contributed by atoms with E-state index in [1.165, 1.54) is 49.8 Å². The maximum absolute atomic E-state index is 13.1. The highest BCUT2D eigenvalue weighted by Crippen LogP contribution is 2.28. The van der Waals surface area contributed by atoms with Gasteiger partial charge in [-0.2, -0.15) is 4.99 Å². The minimum absolute atomic E-state index is 0.0582. The Morgan fingerprint density at radius 3 is 2.41 bits per heavy atom. The summed E-state index contributed by atoms with van der Waals surface area (Å²) in [5, 5.41) is 4.77. The fourth-order valence-corrected chi connectivity index (χ4v) is 4.51. The van der Waals surface area contributed by atoms with Crippen molar-refractivity contribution < 1.29 is 41.7 Å². The van der Waals surface area contributed by atoms with Crippen molar-refractivity contribution in [3.8, 4) is 28.5 Å². The fraction of sp³-hybridized carbons (Fsp3) is 0.346. The molecule has 9 nitrogen and oxygen atoms in total. The number of halogens is 3. The summed E-state index contributed by atoms with van der Waals surface area (Å²) in [5.41, 5.74) is 1.50. The zero-order chi connectivity index (χ0) is 28.4. The highest BCUT2D eigenvalue weighted by Gasteiger charge is 2.31. The highest BCUT2D eigenvalue weighted by molar-refractivity contribution is 7.07. The van der Waals surface area contributed by atoms with Gasteiger partial charge < -0.3 is 28.8 Å². The number of nitrogens with zero attached hydrogens (tertiary/aromatic N) is 2. The summed E-state index contributed by atoms with van der Waals surface area (Å²) in [6, 6.07) is 10.2. The van der Waals surface area contributed by atoms with Crippen molar-refractivity contribution in [3.05, 3.63) is 58.2 Å². The van der Waals surface area contributed by atoms with Gasteiger partial charge in [-0.1, -0.05) is 0 Å². The molecule has 13 heteroatoms. The molecule has 0 radical (unpaired) electrons. The van der Waals surface area contributed by atoms with Crippen LogP contribution in [0.4, 0.5) is 13.2 Å². The van der Waals surface area contributed by atoms with Crippen LogP contribution < -0.4 is 24.3 Å². The number of amides is 1. The lowest BCUT2D eigenvalue weighted by atomic mass is 10.1. The zero-order valence-electron chi connectivity index (χ0n) is 21.5. The molecule has 0 fully saturated rings. The molecule has 0 bridgehead atoms. The number of hydrogen-bond donors (Lipinski definition) is 1. The van der Waals surface area contributed by atoms with Gasteiger partial charge in [-0.15, -0.1) is 24.5 Å². The number of hydrogen-bond acceptors (Lipinski definition) is 8. The standard InChI is InChI=1S/C26H28F3N3O6S/c1-4-37-23(33)15-30-12-5-13-32-21(17-6-8-18(9-7-17)38-26(27,28)29)16-39-25(32)31-24(34)20-11-10-19(35-2)14-22(20)36-3/h6-11,14,16,30H,4-5,12-13,15H2,1-3H3. The molecule has 3 aromatic rings. The second-order valence-electron chi connectivity index (χ2n) is 7.95. The van der Waals surface area contributed by atoms with Crippen molar-refractivity contribution in [3.63, 3.8) is 0 Å². The molecule has 1 heterocycles. The van der Waals surface area contributed by atoms with Gasteiger partial charge in [0.05, 0.1) is 38.6 Å². The first-order chi connectivity index (χ1) is 18.6. The first-order valence-electron chi connectivity index (χ1n) is 11.9. The molecule has 0 unspecified atom stereocenters. The van der Waals surface area contributed by atoms with Crippen molar-refractivity contribution in [1.82, 2.24) is 9.88 Å². The topological polar surface area (TPSA) is 100 Å². The van der Waals surface area contributed by atoms with E-state index in [1.807, 2.05) is 0 Å². The summed E-state index contributed by atoms with van der Waals surface area (Å²) in [4.78, 5) is 29.3. The Kier molecular flexibility index (Phi) is 10.5. The number of benzene rings is 2. The lowest BCUT2D eigenvalue weighted by Gasteiger charge is -2.12. The van der Waals surface area contributed by atoms with Gasteiger partial charge in [0.1, 0.15) is 17.2 Å². The van der Waals surface area contributed by atoms with E-state index in [2.05, 4.69) is 15.0 Å². The van der Waals surface area contributed by atoms with Crippen LogP contribution in [0.2, 0.25) is 0 Å². The quantitative estimate of drug-likeness (QED) is 0.256. The Balaban J connectivity index is 1.90. The van der Waals surface area contributed by atoms with Crippen molar-refractivity contribution in [2.45, 2.75) is 26.3 Å². The third-order valence-electron chi connectivity index (χ3n) is 5.33. The Morgan fingerprint density at radius 2 is 1.77 bits per heavy atom. The summed E-state index contributed by atoms with van der Waals surface area (Å²) in [6.45, 7) is 2.95. The van der Waals surface area contributed by atoms with Crippen LogP contribution in [-0.4, -0.2) is 56.7 Å². The summed E-state index contributed by atoms with van der Waals surface area (Å²) in [5.74, 6) is -0.425. The lowest BCUT2D eigenvalue weighted by Crippen LogP contribution is -2.27. The molecule has 0 spiro atoms. The minimum Gasteiger partial charge on any atom is -0.497 e. The maximum Gasteiger partial charge on any atom is 0.573 e. The number of aromatic nitrogens is 1. The number of esters is 1. The third-order valence-corrected chi connectivity index (χ3v) is 6.19. The van der Waals surface area contributed by atoms with Crippen LogP contribution in [0.15, 0.2) is 52.8 Å². The molecular weight excluding hydrogens is 539 g/mol. The number of ether oxygens (including phenoxy) is 4. The Hall–Kier alpha value is -3.84. The van der Waals surface area contributed by atoms with Crippen LogP contribution >= 0.6 is 11.3 Å². The molecule has 3 rings (SSSR count). The molecule has 0 saturated carbocycles. The number of carbonyl (C=O) groups is 2. The second kappa shape index (κ2) is 13.8. The normalized spacial score (nSPS) is 11.8. The Morgan fingerprint density at radius 1 is 1.05 bits per heavy atom. The number of rotatable bonds is 12. The molecule has 0 saturated heterocycles. The van der Waals surface area contributed by atoms with E-state index in [-0.39, 0.29) is 23.8 Å². The van der Waals surface area contributed by atoms with Gasteiger partial charge in [-0.05, 0) is 61.9 Å². The van der Waals surface area contributed by atoms with Crippen molar-refractivity contribution >= 4 is 23.2 Å². The molecule has 0 aliphatic rings. The summed E-state index contributed by atoms with van der Waals surface area (Å²) >= 11 is 1.21. The first-order valence-corrected chi connectivity index (χ1v) is 12.7. The summed E-state index contributed by atoms with van der Waals surface area (Å²) < 4.78 is 58.8. The van der Waals surface area contributed by atoms with Crippen molar-refractivity contribution in [2.75, 3.05) is 33.9 Å². The van der Waals surface area contributed by atoms with Gasteiger partial charge >= 0.3 is 12.3 Å². The zero-order valence-corrected chi connectivity index (χ0v) is 22.4.